The summed E-state index contributed by atoms with van der Waals surface area (Å²) in [6.07, 6.45) is 6.94. The maximum absolute atomic E-state index is 3.56. The molecule has 2 fully saturated rings. The lowest BCUT2D eigenvalue weighted by Gasteiger charge is -2.47. The average molecular weight is 238 g/mol. The van der Waals surface area contributed by atoms with Gasteiger partial charge in [0, 0.05) is 18.1 Å². The summed E-state index contributed by atoms with van der Waals surface area (Å²) in [6.45, 7) is 8.59. The fourth-order valence-electron chi connectivity index (χ4n) is 3.97. The van der Waals surface area contributed by atoms with Gasteiger partial charge < -0.3 is 5.32 Å². The van der Waals surface area contributed by atoms with E-state index in [0.29, 0.717) is 0 Å². The Bertz CT molecular complexity index is 241. The number of nitrogens with one attached hydrogen (secondary N) is 1. The van der Waals surface area contributed by atoms with Gasteiger partial charge in [0.15, 0.2) is 0 Å². The molecule has 0 aromatic heterocycles. The minimum atomic E-state index is 0.724. The van der Waals surface area contributed by atoms with Crippen LogP contribution >= 0.6 is 0 Å². The van der Waals surface area contributed by atoms with E-state index in [-0.39, 0.29) is 0 Å². The number of nitrogens with zero attached hydrogens (tertiary/aromatic N) is 1. The van der Waals surface area contributed by atoms with Crippen molar-refractivity contribution in [1.29, 1.82) is 0 Å². The van der Waals surface area contributed by atoms with Crippen LogP contribution in [0.1, 0.15) is 52.9 Å². The third-order valence-corrected chi connectivity index (χ3v) is 5.07. The SMILES string of the molecule is CNC1CCC(C)CC1N1CCC(C)CC1C. The minimum Gasteiger partial charge on any atom is -0.315 e. The van der Waals surface area contributed by atoms with Gasteiger partial charge in [-0.25, -0.2) is 0 Å². The van der Waals surface area contributed by atoms with Crippen LogP contribution in [-0.2, 0) is 0 Å². The average Bonchev–Trinajstić information content (AvgIpc) is 2.29. The Labute approximate surface area is 107 Å². The fourth-order valence-corrected chi connectivity index (χ4v) is 3.97. The molecule has 0 amide bonds. The maximum Gasteiger partial charge on any atom is 0.0254 e. The molecule has 2 nitrogen and oxygen atoms in total. The molecule has 5 atom stereocenters. The lowest BCUT2D eigenvalue weighted by Crippen LogP contribution is -2.56. The van der Waals surface area contributed by atoms with Crippen LogP contribution in [0.4, 0.5) is 0 Å². The molecule has 0 bridgehead atoms. The summed E-state index contributed by atoms with van der Waals surface area (Å²) in [5.74, 6) is 1.84. The molecule has 1 aliphatic carbocycles. The van der Waals surface area contributed by atoms with Crippen LogP contribution in [0.5, 0.6) is 0 Å². The molecule has 5 unspecified atom stereocenters. The first-order valence-corrected chi connectivity index (χ1v) is 7.54. The highest BCUT2D eigenvalue weighted by molar-refractivity contribution is 4.93. The Morgan fingerprint density at radius 3 is 2.29 bits per heavy atom. The topological polar surface area (TPSA) is 15.3 Å². The van der Waals surface area contributed by atoms with E-state index in [0.717, 1.165) is 30.0 Å². The normalized spacial score (nSPS) is 44.8. The maximum atomic E-state index is 3.56. The zero-order valence-electron chi connectivity index (χ0n) is 12.1. The van der Waals surface area contributed by atoms with Gasteiger partial charge in [0.05, 0.1) is 0 Å². The van der Waals surface area contributed by atoms with E-state index >= 15 is 0 Å². The molecule has 0 radical (unpaired) electrons. The highest BCUT2D eigenvalue weighted by Gasteiger charge is 2.36. The third kappa shape index (κ3) is 3.03. The molecule has 17 heavy (non-hydrogen) atoms. The molecule has 1 aliphatic heterocycles. The van der Waals surface area contributed by atoms with E-state index in [9.17, 15) is 0 Å². The highest BCUT2D eigenvalue weighted by Crippen LogP contribution is 2.32. The molecule has 1 saturated heterocycles. The van der Waals surface area contributed by atoms with E-state index < -0.39 is 0 Å². The Morgan fingerprint density at radius 1 is 0.941 bits per heavy atom. The molecule has 2 rings (SSSR count). The first-order valence-electron chi connectivity index (χ1n) is 7.54. The van der Waals surface area contributed by atoms with Crippen LogP contribution in [0.2, 0.25) is 0 Å². The lowest BCUT2D eigenvalue weighted by atomic mass is 9.80. The standard InChI is InChI=1S/C15H30N2/c1-11-5-6-14(16-4)15(10-11)17-8-7-12(2)9-13(17)3/h11-16H,5-10H2,1-4H3. The summed E-state index contributed by atoms with van der Waals surface area (Å²) in [6, 6.07) is 2.29. The summed E-state index contributed by atoms with van der Waals surface area (Å²) in [5, 5.41) is 3.56. The Hall–Kier alpha value is -0.0800. The predicted molar refractivity (Wildman–Crippen MR) is 74.2 cm³/mol. The molecular weight excluding hydrogens is 208 g/mol. The predicted octanol–water partition coefficient (Wildman–Crippen LogP) is 2.88. The molecule has 0 aromatic carbocycles. The van der Waals surface area contributed by atoms with Crippen LogP contribution < -0.4 is 5.32 Å². The summed E-state index contributed by atoms with van der Waals surface area (Å²) in [4.78, 5) is 2.80. The van der Waals surface area contributed by atoms with Crippen LogP contribution in [0.15, 0.2) is 0 Å². The molecular formula is C15H30N2. The monoisotopic (exact) mass is 238 g/mol. The van der Waals surface area contributed by atoms with Crippen LogP contribution in [0, 0.1) is 11.8 Å². The summed E-state index contributed by atoms with van der Waals surface area (Å²) in [5.41, 5.74) is 0. The molecule has 1 heterocycles. The van der Waals surface area contributed by atoms with Crippen molar-refractivity contribution in [3.05, 3.63) is 0 Å². The Kier molecular flexibility index (Phi) is 4.48. The quantitative estimate of drug-likeness (QED) is 0.796. The van der Waals surface area contributed by atoms with Gasteiger partial charge in [0.25, 0.3) is 0 Å². The Balaban J connectivity index is 2.02. The van der Waals surface area contributed by atoms with E-state index in [2.05, 4.69) is 38.0 Å². The van der Waals surface area contributed by atoms with Crippen LogP contribution in [0.25, 0.3) is 0 Å². The van der Waals surface area contributed by atoms with Gasteiger partial charge in [-0.15, -0.1) is 0 Å². The number of rotatable bonds is 2. The van der Waals surface area contributed by atoms with Gasteiger partial charge in [-0.2, -0.15) is 0 Å². The number of likely N-dealkylation sites (N-methyl/N-ethyl adjacent to an activating group) is 1. The zero-order chi connectivity index (χ0) is 12.4. The number of hydrogen-bond donors (Lipinski definition) is 1. The number of likely N-dealkylation sites (tertiary alicyclic amines) is 1. The van der Waals surface area contributed by atoms with Crippen molar-refractivity contribution in [2.45, 2.75) is 71.0 Å². The van der Waals surface area contributed by atoms with Crippen molar-refractivity contribution in [3.63, 3.8) is 0 Å². The van der Waals surface area contributed by atoms with Crippen molar-refractivity contribution < 1.29 is 0 Å². The molecule has 1 saturated carbocycles. The zero-order valence-corrected chi connectivity index (χ0v) is 12.1. The van der Waals surface area contributed by atoms with Gasteiger partial charge in [-0.05, 0) is 64.5 Å². The minimum absolute atomic E-state index is 0.724. The molecule has 100 valence electrons. The summed E-state index contributed by atoms with van der Waals surface area (Å²) < 4.78 is 0. The fraction of sp³-hybridized carbons (Fsp3) is 1.00. The highest BCUT2D eigenvalue weighted by atomic mass is 15.2. The van der Waals surface area contributed by atoms with Crippen molar-refractivity contribution in [2.75, 3.05) is 13.6 Å². The van der Waals surface area contributed by atoms with E-state index in [1.54, 1.807) is 0 Å². The summed E-state index contributed by atoms with van der Waals surface area (Å²) in [7, 11) is 2.14. The number of hydrogen-bond acceptors (Lipinski definition) is 2. The lowest BCUT2D eigenvalue weighted by molar-refractivity contribution is 0.0343. The second-order valence-electron chi connectivity index (χ2n) is 6.60. The number of piperidine rings is 1. The molecule has 0 spiro atoms. The Morgan fingerprint density at radius 2 is 1.65 bits per heavy atom. The van der Waals surface area contributed by atoms with Crippen molar-refractivity contribution in [1.82, 2.24) is 10.2 Å². The smallest absolute Gasteiger partial charge is 0.0254 e. The molecule has 2 aliphatic rings. The van der Waals surface area contributed by atoms with Crippen LogP contribution in [-0.4, -0.2) is 36.6 Å². The van der Waals surface area contributed by atoms with Gasteiger partial charge in [-0.1, -0.05) is 13.8 Å². The second kappa shape index (κ2) is 5.71. The van der Waals surface area contributed by atoms with Crippen molar-refractivity contribution >= 4 is 0 Å². The van der Waals surface area contributed by atoms with Gasteiger partial charge in [-0.3, -0.25) is 4.90 Å². The van der Waals surface area contributed by atoms with Gasteiger partial charge in [0.2, 0.25) is 0 Å². The molecule has 0 aromatic rings. The van der Waals surface area contributed by atoms with E-state index in [4.69, 9.17) is 0 Å². The van der Waals surface area contributed by atoms with E-state index in [1.807, 2.05) is 0 Å². The van der Waals surface area contributed by atoms with Crippen molar-refractivity contribution in [3.8, 4) is 0 Å². The van der Waals surface area contributed by atoms with E-state index in [1.165, 1.54) is 38.6 Å². The second-order valence-corrected chi connectivity index (χ2v) is 6.60. The first kappa shape index (κ1) is 13.4. The van der Waals surface area contributed by atoms with Gasteiger partial charge >= 0.3 is 0 Å². The van der Waals surface area contributed by atoms with Crippen molar-refractivity contribution in [2.24, 2.45) is 11.8 Å². The third-order valence-electron chi connectivity index (χ3n) is 5.07. The van der Waals surface area contributed by atoms with Gasteiger partial charge in [0.1, 0.15) is 0 Å². The molecule has 2 heteroatoms. The first-order chi connectivity index (χ1) is 8.11. The molecule has 1 N–H and O–H groups in total. The summed E-state index contributed by atoms with van der Waals surface area (Å²) >= 11 is 0. The van der Waals surface area contributed by atoms with Crippen LogP contribution in [0.3, 0.4) is 0 Å². The largest absolute Gasteiger partial charge is 0.315 e.